The second-order valence-corrected chi connectivity index (χ2v) is 20.2. The Bertz CT molecular complexity index is 1010. The highest BCUT2D eigenvalue weighted by Gasteiger charge is 2.42. The molecule has 4 amide bonds. The molecule has 0 aliphatic carbocycles. The molecular formula is C35H68N4O7Si. The maximum atomic E-state index is 13.4. The van der Waals surface area contributed by atoms with Crippen molar-refractivity contribution in [2.75, 3.05) is 13.7 Å². The smallest absolute Gasteiger partial charge is 0.328 e. The lowest BCUT2D eigenvalue weighted by atomic mass is 9.89. The number of nitrogens with one attached hydrogen (secondary N) is 4. The molecule has 11 nitrogen and oxygen atoms in total. The summed E-state index contributed by atoms with van der Waals surface area (Å²) in [7, 11) is -0.959. The predicted octanol–water partition coefficient (Wildman–Crippen LogP) is 5.09. The van der Waals surface area contributed by atoms with E-state index < -0.39 is 56.1 Å². The fourth-order valence-corrected chi connectivity index (χ4v) is 6.51. The fraction of sp³-hybridized carbons (Fsp3) is 0.857. The fourth-order valence-electron chi connectivity index (χ4n) is 5.04. The van der Waals surface area contributed by atoms with Crippen LogP contribution in [0.5, 0.6) is 0 Å². The molecule has 0 aromatic heterocycles. The van der Waals surface area contributed by atoms with Crippen LogP contribution in [0.1, 0.15) is 115 Å². The third-order valence-electron chi connectivity index (χ3n) is 9.16. The van der Waals surface area contributed by atoms with E-state index in [1.807, 2.05) is 20.8 Å². The Morgan fingerprint density at radius 3 is 1.87 bits per heavy atom. The van der Waals surface area contributed by atoms with Crippen LogP contribution in [0.15, 0.2) is 0 Å². The molecule has 0 heterocycles. The highest BCUT2D eigenvalue weighted by molar-refractivity contribution is 6.74. The number of unbranched alkanes of at least 4 members (excludes halogenated alkanes) is 3. The molecule has 0 aromatic carbocycles. The average Bonchev–Trinajstić information content (AvgIpc) is 2.97. The molecule has 47 heavy (non-hydrogen) atoms. The number of methoxy groups -OCH3 is 1. The Morgan fingerprint density at radius 1 is 0.787 bits per heavy atom. The van der Waals surface area contributed by atoms with Gasteiger partial charge in [-0.05, 0) is 55.7 Å². The van der Waals surface area contributed by atoms with Gasteiger partial charge in [-0.1, -0.05) is 94.9 Å². The average molecular weight is 685 g/mol. The second kappa shape index (κ2) is 20.8. The number of ether oxygens (including phenoxy) is 1. The zero-order valence-electron chi connectivity index (χ0n) is 31.9. The van der Waals surface area contributed by atoms with E-state index in [0.717, 1.165) is 25.7 Å². The zero-order valence-corrected chi connectivity index (χ0v) is 32.9. The van der Waals surface area contributed by atoms with Crippen LogP contribution in [0, 0.1) is 23.7 Å². The van der Waals surface area contributed by atoms with Gasteiger partial charge in [-0.2, -0.15) is 0 Å². The lowest BCUT2D eigenvalue weighted by Crippen LogP contribution is -2.57. The first-order chi connectivity index (χ1) is 21.6. The lowest BCUT2D eigenvalue weighted by Gasteiger charge is -2.42. The van der Waals surface area contributed by atoms with Crippen molar-refractivity contribution in [3.8, 4) is 0 Å². The summed E-state index contributed by atoms with van der Waals surface area (Å²) in [5.41, 5.74) is 0. The Morgan fingerprint density at radius 2 is 1.38 bits per heavy atom. The van der Waals surface area contributed by atoms with Crippen molar-refractivity contribution >= 4 is 37.9 Å². The van der Waals surface area contributed by atoms with Crippen molar-refractivity contribution in [2.24, 2.45) is 23.7 Å². The number of esters is 1. The van der Waals surface area contributed by atoms with Crippen LogP contribution in [0.4, 0.5) is 0 Å². The SMILES string of the molecule is CCCCCC[C@H](C)[C@@H](O[Si](C)(C)C(C)(C)C)[C@@H](C)C(=O)NCC(=O)N[C@H](C(=O)N[C@@H](CC(C)C)C(=O)N[C@@H](C)C(=O)OC)C(C)C. The summed E-state index contributed by atoms with van der Waals surface area (Å²) in [6, 6.07) is -2.76. The molecule has 12 heteroatoms. The summed E-state index contributed by atoms with van der Waals surface area (Å²) >= 11 is 0. The molecule has 0 aliphatic heterocycles. The molecule has 0 rings (SSSR count). The van der Waals surface area contributed by atoms with Crippen molar-refractivity contribution in [1.82, 2.24) is 21.3 Å². The third kappa shape index (κ3) is 16.0. The van der Waals surface area contributed by atoms with E-state index in [2.05, 4.69) is 73.7 Å². The highest BCUT2D eigenvalue weighted by Crippen LogP contribution is 2.39. The van der Waals surface area contributed by atoms with E-state index in [1.54, 1.807) is 13.8 Å². The minimum absolute atomic E-state index is 0.0237. The number of carbonyl (C=O) groups is 5. The number of carbonyl (C=O) groups excluding carboxylic acids is 5. The quantitative estimate of drug-likeness (QED) is 0.0747. The van der Waals surface area contributed by atoms with E-state index in [4.69, 9.17) is 4.43 Å². The molecule has 274 valence electrons. The summed E-state index contributed by atoms with van der Waals surface area (Å²) < 4.78 is 11.5. The van der Waals surface area contributed by atoms with Gasteiger partial charge in [0, 0.05) is 0 Å². The number of rotatable bonds is 21. The maximum absolute atomic E-state index is 13.4. The van der Waals surface area contributed by atoms with Gasteiger partial charge in [0.15, 0.2) is 8.32 Å². The number of hydrogen-bond acceptors (Lipinski definition) is 7. The predicted molar refractivity (Wildman–Crippen MR) is 190 cm³/mol. The zero-order chi connectivity index (χ0) is 36.7. The molecule has 0 spiro atoms. The van der Waals surface area contributed by atoms with E-state index in [9.17, 15) is 24.0 Å². The molecular weight excluding hydrogens is 616 g/mol. The van der Waals surface area contributed by atoms with Crippen LogP contribution < -0.4 is 21.3 Å². The first kappa shape index (κ1) is 44.5. The van der Waals surface area contributed by atoms with Crippen LogP contribution >= 0.6 is 0 Å². The summed E-state index contributed by atoms with van der Waals surface area (Å²) in [5, 5.41) is 10.8. The molecule has 0 aliphatic rings. The molecule has 0 saturated heterocycles. The first-order valence-electron chi connectivity index (χ1n) is 17.5. The summed E-state index contributed by atoms with van der Waals surface area (Å²) in [4.78, 5) is 64.6. The van der Waals surface area contributed by atoms with E-state index in [1.165, 1.54) is 20.5 Å². The second-order valence-electron chi connectivity index (χ2n) is 15.4. The lowest BCUT2D eigenvalue weighted by molar-refractivity contribution is -0.145. The van der Waals surface area contributed by atoms with Crippen molar-refractivity contribution in [2.45, 2.75) is 157 Å². The van der Waals surface area contributed by atoms with Crippen LogP contribution in [-0.2, 0) is 33.1 Å². The largest absolute Gasteiger partial charge is 0.467 e. The van der Waals surface area contributed by atoms with E-state index in [0.29, 0.717) is 6.42 Å². The van der Waals surface area contributed by atoms with Crippen LogP contribution in [-0.4, -0.2) is 75.8 Å². The molecule has 0 saturated carbocycles. The molecule has 0 radical (unpaired) electrons. The Labute approximate surface area is 286 Å². The minimum atomic E-state index is -2.19. The van der Waals surface area contributed by atoms with Gasteiger partial charge in [0.1, 0.15) is 18.1 Å². The Hall–Kier alpha value is -2.47. The molecule has 6 atom stereocenters. The number of hydrogen-bond donors (Lipinski definition) is 4. The van der Waals surface area contributed by atoms with Gasteiger partial charge in [-0.3, -0.25) is 19.2 Å². The van der Waals surface area contributed by atoms with E-state index >= 15 is 0 Å². The third-order valence-corrected chi connectivity index (χ3v) is 13.6. The van der Waals surface area contributed by atoms with Crippen LogP contribution in [0.3, 0.4) is 0 Å². The van der Waals surface area contributed by atoms with Gasteiger partial charge in [0.2, 0.25) is 23.6 Å². The van der Waals surface area contributed by atoms with Gasteiger partial charge in [-0.15, -0.1) is 0 Å². The van der Waals surface area contributed by atoms with Crippen LogP contribution in [0.25, 0.3) is 0 Å². The molecule has 0 bridgehead atoms. The van der Waals surface area contributed by atoms with Gasteiger partial charge < -0.3 is 30.4 Å². The van der Waals surface area contributed by atoms with Gasteiger partial charge in [0.05, 0.1) is 25.7 Å². The van der Waals surface area contributed by atoms with Gasteiger partial charge >= 0.3 is 5.97 Å². The molecule has 0 fully saturated rings. The van der Waals surface area contributed by atoms with Crippen molar-refractivity contribution in [1.29, 1.82) is 0 Å². The summed E-state index contributed by atoms with van der Waals surface area (Å²) in [5.74, 6) is -3.00. The normalized spacial score (nSPS) is 16.0. The standard InChI is InChI=1S/C35H68N4O7Si/c1-15-16-17-18-19-24(6)30(46-47(13,14)35(9,10)11)25(7)31(41)36-21-28(40)39-29(23(4)5)33(43)38-27(20-22(2)3)32(42)37-26(8)34(44)45-12/h22-27,29-30H,15-21H2,1-14H3,(H,36,41)(H,37,42)(H,38,43)(H,39,40)/t24-,25+,26-,27-,29-,30+/m0/s1. The molecule has 0 unspecified atom stereocenters. The van der Waals surface area contributed by atoms with Crippen molar-refractivity contribution < 1.29 is 33.1 Å². The maximum Gasteiger partial charge on any atom is 0.328 e. The van der Waals surface area contributed by atoms with Crippen LogP contribution in [0.2, 0.25) is 18.1 Å². The minimum Gasteiger partial charge on any atom is -0.467 e. The van der Waals surface area contributed by atoms with Crippen molar-refractivity contribution in [3.05, 3.63) is 0 Å². The Balaban J connectivity index is 5.62. The molecule has 0 aromatic rings. The molecule has 4 N–H and O–H groups in total. The van der Waals surface area contributed by atoms with Gasteiger partial charge in [-0.25, -0.2) is 4.79 Å². The highest BCUT2D eigenvalue weighted by atomic mass is 28.4. The number of amides is 4. The summed E-state index contributed by atoms with van der Waals surface area (Å²) in [6.07, 6.45) is 5.55. The topological polar surface area (TPSA) is 152 Å². The van der Waals surface area contributed by atoms with E-state index in [-0.39, 0.29) is 41.3 Å². The van der Waals surface area contributed by atoms with Crippen molar-refractivity contribution in [3.63, 3.8) is 0 Å². The monoisotopic (exact) mass is 684 g/mol. The first-order valence-corrected chi connectivity index (χ1v) is 20.4. The summed E-state index contributed by atoms with van der Waals surface area (Å²) in [6.45, 7) is 25.7. The Kier molecular flexibility index (Phi) is 19.7. The van der Waals surface area contributed by atoms with Gasteiger partial charge in [0.25, 0.3) is 0 Å².